The number of aromatic nitrogens is 4. The topological polar surface area (TPSA) is 71.5 Å². The Morgan fingerprint density at radius 2 is 2.00 bits per heavy atom. The van der Waals surface area contributed by atoms with E-state index >= 15 is 0 Å². The van der Waals surface area contributed by atoms with E-state index in [0.717, 1.165) is 27.0 Å². The number of pyridine rings is 1. The Morgan fingerprint density at radius 3 is 2.81 bits per heavy atom. The van der Waals surface area contributed by atoms with Gasteiger partial charge in [0.15, 0.2) is 0 Å². The van der Waals surface area contributed by atoms with Crippen LogP contribution >= 0.6 is 11.3 Å². The molecule has 1 N–H and O–H groups in total. The Labute approximate surface area is 123 Å². The van der Waals surface area contributed by atoms with Crippen molar-refractivity contribution in [1.82, 2.24) is 20.4 Å². The quantitative estimate of drug-likeness (QED) is 0.586. The predicted octanol–water partition coefficient (Wildman–Crippen LogP) is 2.90. The molecule has 0 spiro atoms. The maximum absolute atomic E-state index is 11.9. The second-order valence-corrected chi connectivity index (χ2v) is 5.78. The van der Waals surface area contributed by atoms with E-state index in [9.17, 15) is 4.79 Å². The van der Waals surface area contributed by atoms with E-state index in [0.29, 0.717) is 10.2 Å². The molecule has 4 rings (SSSR count). The van der Waals surface area contributed by atoms with Gasteiger partial charge in [0.05, 0.1) is 0 Å². The van der Waals surface area contributed by atoms with Crippen LogP contribution in [0.2, 0.25) is 0 Å². The standard InChI is InChI=1S/C15H10N4OS/c1-8-7-10(9-5-3-2-4-6-9)11-12-13(21-15(11)16-8)14(20)18-19-17-12/h2-7H,1H3,(H,17,18,20). The number of nitrogens with zero attached hydrogens (tertiary/aromatic N) is 3. The van der Waals surface area contributed by atoms with Gasteiger partial charge in [0, 0.05) is 11.1 Å². The molecule has 0 aliphatic rings. The molecule has 5 nitrogen and oxygen atoms in total. The predicted molar refractivity (Wildman–Crippen MR) is 83.5 cm³/mol. The van der Waals surface area contributed by atoms with Crippen LogP contribution in [0.1, 0.15) is 5.69 Å². The SMILES string of the molecule is Cc1cc(-c2ccccc2)c2c(n1)sc1c(=O)[nH]nnc12. The maximum atomic E-state index is 11.9. The van der Waals surface area contributed by atoms with Gasteiger partial charge in [-0.05, 0) is 24.1 Å². The third-order valence-corrected chi connectivity index (χ3v) is 4.43. The molecule has 0 saturated heterocycles. The van der Waals surface area contributed by atoms with Gasteiger partial charge in [0.2, 0.25) is 0 Å². The first-order chi connectivity index (χ1) is 10.2. The van der Waals surface area contributed by atoms with Gasteiger partial charge in [-0.25, -0.2) is 10.1 Å². The van der Waals surface area contributed by atoms with Crippen molar-refractivity contribution in [1.29, 1.82) is 0 Å². The summed E-state index contributed by atoms with van der Waals surface area (Å²) < 4.78 is 0.565. The molecule has 0 unspecified atom stereocenters. The van der Waals surface area contributed by atoms with Gasteiger partial charge >= 0.3 is 0 Å². The first-order valence-electron chi connectivity index (χ1n) is 6.44. The zero-order valence-electron chi connectivity index (χ0n) is 11.1. The van der Waals surface area contributed by atoms with Gasteiger partial charge in [-0.15, -0.1) is 16.4 Å². The summed E-state index contributed by atoms with van der Waals surface area (Å²) in [5, 5.41) is 11.1. The highest BCUT2D eigenvalue weighted by Crippen LogP contribution is 2.36. The Bertz CT molecular complexity index is 1020. The van der Waals surface area contributed by atoms with Gasteiger partial charge < -0.3 is 0 Å². The average Bonchev–Trinajstić information content (AvgIpc) is 2.87. The second-order valence-electron chi connectivity index (χ2n) is 4.78. The fourth-order valence-corrected chi connectivity index (χ4v) is 3.54. The molecule has 0 aliphatic carbocycles. The number of thiophene rings is 1. The third kappa shape index (κ3) is 1.84. The zero-order valence-corrected chi connectivity index (χ0v) is 11.9. The van der Waals surface area contributed by atoms with Crippen molar-refractivity contribution in [2.24, 2.45) is 0 Å². The van der Waals surface area contributed by atoms with Crippen molar-refractivity contribution < 1.29 is 0 Å². The summed E-state index contributed by atoms with van der Waals surface area (Å²) in [6.07, 6.45) is 0. The summed E-state index contributed by atoms with van der Waals surface area (Å²) in [5.74, 6) is 0. The molecule has 0 amide bonds. The number of nitrogens with one attached hydrogen (secondary N) is 1. The molecule has 3 aromatic heterocycles. The number of hydrogen-bond acceptors (Lipinski definition) is 5. The lowest BCUT2D eigenvalue weighted by Gasteiger charge is -2.05. The van der Waals surface area contributed by atoms with Crippen molar-refractivity contribution in [3.05, 3.63) is 52.4 Å². The smallest absolute Gasteiger partial charge is 0.266 e. The lowest BCUT2D eigenvalue weighted by Crippen LogP contribution is -2.07. The third-order valence-electron chi connectivity index (χ3n) is 3.36. The molecule has 0 fully saturated rings. The molecule has 0 saturated carbocycles. The van der Waals surface area contributed by atoms with Crippen molar-refractivity contribution >= 4 is 31.8 Å². The molecular formula is C15H10N4OS. The number of aryl methyl sites for hydroxylation is 1. The average molecular weight is 294 g/mol. The van der Waals surface area contributed by atoms with Crippen LogP contribution in [0.5, 0.6) is 0 Å². The zero-order chi connectivity index (χ0) is 14.4. The molecule has 3 heterocycles. The minimum atomic E-state index is -0.223. The minimum absolute atomic E-state index is 0.223. The van der Waals surface area contributed by atoms with Crippen LogP contribution < -0.4 is 5.56 Å². The van der Waals surface area contributed by atoms with Crippen molar-refractivity contribution in [2.75, 3.05) is 0 Å². The van der Waals surface area contributed by atoms with E-state index in [1.165, 1.54) is 11.3 Å². The fraction of sp³-hybridized carbons (Fsp3) is 0.0667. The van der Waals surface area contributed by atoms with Crippen LogP contribution in [-0.2, 0) is 0 Å². The summed E-state index contributed by atoms with van der Waals surface area (Å²) in [5.41, 5.74) is 3.42. The van der Waals surface area contributed by atoms with E-state index in [-0.39, 0.29) is 5.56 Å². The Kier molecular flexibility index (Phi) is 2.58. The van der Waals surface area contributed by atoms with Crippen molar-refractivity contribution in [3.8, 4) is 11.1 Å². The van der Waals surface area contributed by atoms with E-state index in [2.05, 4.69) is 20.4 Å². The van der Waals surface area contributed by atoms with Crippen LogP contribution in [0.25, 0.3) is 31.6 Å². The number of benzene rings is 1. The maximum Gasteiger partial charge on any atom is 0.285 e. The lowest BCUT2D eigenvalue weighted by molar-refractivity contribution is 0.876. The summed E-state index contributed by atoms with van der Waals surface area (Å²) in [4.78, 5) is 17.3. The number of aromatic amines is 1. The van der Waals surface area contributed by atoms with E-state index in [4.69, 9.17) is 0 Å². The van der Waals surface area contributed by atoms with Crippen LogP contribution in [0, 0.1) is 6.92 Å². The number of H-pyrrole nitrogens is 1. The first kappa shape index (κ1) is 12.2. The van der Waals surface area contributed by atoms with Crippen LogP contribution in [0.3, 0.4) is 0 Å². The van der Waals surface area contributed by atoms with Crippen molar-refractivity contribution in [3.63, 3.8) is 0 Å². The molecule has 102 valence electrons. The fourth-order valence-electron chi connectivity index (χ4n) is 2.47. The largest absolute Gasteiger partial charge is 0.285 e. The number of rotatable bonds is 1. The normalized spacial score (nSPS) is 11.3. The molecule has 0 aliphatic heterocycles. The van der Waals surface area contributed by atoms with Gasteiger partial charge in [-0.1, -0.05) is 35.5 Å². The molecule has 1 aromatic carbocycles. The first-order valence-corrected chi connectivity index (χ1v) is 7.26. The van der Waals surface area contributed by atoms with Crippen LogP contribution in [-0.4, -0.2) is 20.4 Å². The number of hydrogen-bond donors (Lipinski definition) is 1. The summed E-state index contributed by atoms with van der Waals surface area (Å²) in [6, 6.07) is 12.1. The molecule has 0 atom stereocenters. The number of fused-ring (bicyclic) bond motifs is 3. The minimum Gasteiger partial charge on any atom is -0.266 e. The van der Waals surface area contributed by atoms with Crippen LogP contribution in [0.4, 0.5) is 0 Å². The van der Waals surface area contributed by atoms with Gasteiger partial charge in [-0.2, -0.15) is 0 Å². The Balaban J connectivity index is 2.23. The van der Waals surface area contributed by atoms with Crippen LogP contribution in [0.15, 0.2) is 41.2 Å². The highest BCUT2D eigenvalue weighted by molar-refractivity contribution is 7.25. The van der Waals surface area contributed by atoms with E-state index in [1.807, 2.05) is 43.3 Å². The van der Waals surface area contributed by atoms with Crippen molar-refractivity contribution in [2.45, 2.75) is 6.92 Å². The second kappa shape index (κ2) is 4.46. The summed E-state index contributed by atoms with van der Waals surface area (Å²) in [6.45, 7) is 1.95. The molecule has 6 heteroatoms. The Hall–Kier alpha value is -2.60. The Morgan fingerprint density at radius 1 is 1.19 bits per heavy atom. The van der Waals surface area contributed by atoms with Gasteiger partial charge in [0.1, 0.15) is 15.0 Å². The van der Waals surface area contributed by atoms with Gasteiger partial charge in [0.25, 0.3) is 5.56 Å². The van der Waals surface area contributed by atoms with E-state index < -0.39 is 0 Å². The monoisotopic (exact) mass is 294 g/mol. The lowest BCUT2D eigenvalue weighted by atomic mass is 10.0. The highest BCUT2D eigenvalue weighted by Gasteiger charge is 2.16. The molecule has 0 bridgehead atoms. The summed E-state index contributed by atoms with van der Waals surface area (Å²) in [7, 11) is 0. The molecular weight excluding hydrogens is 284 g/mol. The van der Waals surface area contributed by atoms with E-state index in [1.54, 1.807) is 0 Å². The molecule has 4 aromatic rings. The van der Waals surface area contributed by atoms with Gasteiger partial charge in [-0.3, -0.25) is 4.79 Å². The highest BCUT2D eigenvalue weighted by atomic mass is 32.1. The molecule has 21 heavy (non-hydrogen) atoms. The summed E-state index contributed by atoms with van der Waals surface area (Å²) >= 11 is 1.35. The molecule has 0 radical (unpaired) electrons.